The zero-order chi connectivity index (χ0) is 13.7. The number of benzene rings is 1. The van der Waals surface area contributed by atoms with Crippen molar-refractivity contribution in [1.29, 1.82) is 0 Å². The first-order valence-corrected chi connectivity index (χ1v) is 7.05. The molecule has 100 valence electrons. The lowest BCUT2D eigenvalue weighted by Crippen LogP contribution is -2.25. The van der Waals surface area contributed by atoms with Crippen LogP contribution in [0.25, 0.3) is 0 Å². The third kappa shape index (κ3) is 4.13. The van der Waals surface area contributed by atoms with Crippen LogP contribution in [-0.4, -0.2) is 23.4 Å². The molecule has 5 heteroatoms. The number of hydrogen-bond donors (Lipinski definition) is 1. The number of thioether (sulfide) groups is 1. The number of carbonyl (C=O) groups is 1. The monoisotopic (exact) mass is 276 g/mol. The molecule has 1 aromatic carbocycles. The molecule has 0 atom stereocenters. The Morgan fingerprint density at radius 3 is 2.68 bits per heavy atom. The Kier molecular flexibility index (Phi) is 4.63. The van der Waals surface area contributed by atoms with Gasteiger partial charge in [-0.15, -0.1) is 11.8 Å². The highest BCUT2D eigenvalue weighted by molar-refractivity contribution is 7.99. The minimum absolute atomic E-state index is 0.193. The fourth-order valence-corrected chi connectivity index (χ4v) is 2.30. The number of nitrogens with zero attached hydrogens (tertiary/aromatic N) is 1. The first kappa shape index (κ1) is 13.7. The lowest BCUT2D eigenvalue weighted by molar-refractivity contribution is 0.0947. The molecule has 0 aliphatic heterocycles. The summed E-state index contributed by atoms with van der Waals surface area (Å²) in [5.74, 6) is 1.27. The Morgan fingerprint density at radius 1 is 1.32 bits per heavy atom. The van der Waals surface area contributed by atoms with Gasteiger partial charge in [-0.3, -0.25) is 4.79 Å². The van der Waals surface area contributed by atoms with Gasteiger partial charge in [0.2, 0.25) is 0 Å². The van der Waals surface area contributed by atoms with Crippen LogP contribution in [0.5, 0.6) is 0 Å². The van der Waals surface area contributed by atoms with Gasteiger partial charge in [-0.1, -0.05) is 22.9 Å². The molecule has 0 aliphatic carbocycles. The predicted molar refractivity (Wildman–Crippen MR) is 75.5 cm³/mol. The van der Waals surface area contributed by atoms with E-state index in [-0.39, 0.29) is 5.91 Å². The van der Waals surface area contributed by atoms with Crippen LogP contribution in [0.3, 0.4) is 0 Å². The Balaban J connectivity index is 1.72. The van der Waals surface area contributed by atoms with Crippen LogP contribution in [0.4, 0.5) is 0 Å². The van der Waals surface area contributed by atoms with Gasteiger partial charge in [0, 0.05) is 23.3 Å². The van der Waals surface area contributed by atoms with Crippen molar-refractivity contribution >= 4 is 17.7 Å². The molecular weight excluding hydrogens is 260 g/mol. The molecule has 0 fully saturated rings. The number of rotatable bonds is 5. The number of amides is 1. The Labute approximate surface area is 116 Å². The van der Waals surface area contributed by atoms with Crippen LogP contribution in [0.15, 0.2) is 39.8 Å². The van der Waals surface area contributed by atoms with Crippen LogP contribution in [0.2, 0.25) is 0 Å². The van der Waals surface area contributed by atoms with Crippen LogP contribution in [0.1, 0.15) is 21.8 Å². The minimum Gasteiger partial charge on any atom is -0.361 e. The molecule has 2 rings (SSSR count). The van der Waals surface area contributed by atoms with Crippen LogP contribution in [0, 0.1) is 13.8 Å². The molecule has 0 unspecified atom stereocenters. The van der Waals surface area contributed by atoms with Gasteiger partial charge in [0.05, 0.1) is 0 Å². The molecule has 0 aliphatic rings. The summed E-state index contributed by atoms with van der Waals surface area (Å²) in [7, 11) is 0. The van der Waals surface area contributed by atoms with E-state index in [1.54, 1.807) is 24.8 Å². The quantitative estimate of drug-likeness (QED) is 0.674. The number of carbonyl (C=O) groups excluding carboxylic acids is 1. The Morgan fingerprint density at radius 2 is 2.05 bits per heavy atom. The SMILES string of the molecule is Cc1ccc(SCCNC(=O)c2cc(C)on2)cc1. The van der Waals surface area contributed by atoms with Crippen molar-refractivity contribution in [3.8, 4) is 0 Å². The van der Waals surface area contributed by atoms with Crippen molar-refractivity contribution in [1.82, 2.24) is 10.5 Å². The fraction of sp³-hybridized carbons (Fsp3) is 0.286. The van der Waals surface area contributed by atoms with E-state index in [9.17, 15) is 4.79 Å². The predicted octanol–water partition coefficient (Wildman–Crippen LogP) is 2.81. The maximum Gasteiger partial charge on any atom is 0.273 e. The number of nitrogens with one attached hydrogen (secondary N) is 1. The van der Waals surface area contributed by atoms with Crippen molar-refractivity contribution in [3.63, 3.8) is 0 Å². The lowest BCUT2D eigenvalue weighted by atomic mass is 10.2. The zero-order valence-corrected chi connectivity index (χ0v) is 11.8. The second-order valence-electron chi connectivity index (χ2n) is 4.24. The molecule has 0 saturated carbocycles. The van der Waals surface area contributed by atoms with E-state index in [1.807, 2.05) is 0 Å². The summed E-state index contributed by atoms with van der Waals surface area (Å²) in [6.45, 7) is 4.43. The van der Waals surface area contributed by atoms with Gasteiger partial charge in [-0.05, 0) is 26.0 Å². The molecule has 1 N–H and O–H groups in total. The number of aromatic nitrogens is 1. The van der Waals surface area contributed by atoms with Crippen molar-refractivity contribution in [2.75, 3.05) is 12.3 Å². The third-order valence-electron chi connectivity index (χ3n) is 2.54. The van der Waals surface area contributed by atoms with E-state index in [0.29, 0.717) is 18.0 Å². The fourth-order valence-electron chi connectivity index (χ4n) is 1.53. The van der Waals surface area contributed by atoms with E-state index < -0.39 is 0 Å². The summed E-state index contributed by atoms with van der Waals surface area (Å²) < 4.78 is 4.86. The van der Waals surface area contributed by atoms with Gasteiger partial charge in [-0.25, -0.2) is 0 Å². The topological polar surface area (TPSA) is 55.1 Å². The first-order chi connectivity index (χ1) is 9.15. The minimum atomic E-state index is -0.193. The van der Waals surface area contributed by atoms with Crippen LogP contribution < -0.4 is 5.32 Å². The van der Waals surface area contributed by atoms with Gasteiger partial charge in [-0.2, -0.15) is 0 Å². The second kappa shape index (κ2) is 6.43. The Bertz CT molecular complexity index is 549. The lowest BCUT2D eigenvalue weighted by Gasteiger charge is -2.03. The summed E-state index contributed by atoms with van der Waals surface area (Å²) in [4.78, 5) is 12.9. The van der Waals surface area contributed by atoms with E-state index in [1.165, 1.54) is 10.5 Å². The van der Waals surface area contributed by atoms with Gasteiger partial charge < -0.3 is 9.84 Å². The van der Waals surface area contributed by atoms with Crippen LogP contribution >= 0.6 is 11.8 Å². The van der Waals surface area contributed by atoms with Gasteiger partial charge >= 0.3 is 0 Å². The van der Waals surface area contributed by atoms with Gasteiger partial charge in [0.25, 0.3) is 5.91 Å². The molecule has 0 bridgehead atoms. The summed E-state index contributed by atoms with van der Waals surface area (Å²) >= 11 is 1.71. The van der Waals surface area contributed by atoms with Crippen LogP contribution in [-0.2, 0) is 0 Å². The smallest absolute Gasteiger partial charge is 0.273 e. The molecule has 0 radical (unpaired) electrons. The van der Waals surface area contributed by atoms with Gasteiger partial charge in [0.15, 0.2) is 5.69 Å². The van der Waals surface area contributed by atoms with Crippen molar-refractivity contribution in [3.05, 3.63) is 47.3 Å². The standard InChI is InChI=1S/C14H16N2O2S/c1-10-3-5-12(6-4-10)19-8-7-15-14(17)13-9-11(2)18-16-13/h3-6,9H,7-8H2,1-2H3,(H,15,17). The number of hydrogen-bond acceptors (Lipinski definition) is 4. The maximum absolute atomic E-state index is 11.7. The number of aryl methyl sites for hydroxylation is 2. The van der Waals surface area contributed by atoms with Gasteiger partial charge in [0.1, 0.15) is 5.76 Å². The Hall–Kier alpha value is -1.75. The maximum atomic E-state index is 11.7. The van der Waals surface area contributed by atoms with E-state index in [0.717, 1.165) is 5.75 Å². The highest BCUT2D eigenvalue weighted by atomic mass is 32.2. The summed E-state index contributed by atoms with van der Waals surface area (Å²) in [5, 5.41) is 6.48. The van der Waals surface area contributed by atoms with E-state index in [2.05, 4.69) is 41.7 Å². The summed E-state index contributed by atoms with van der Waals surface area (Å²) in [6.07, 6.45) is 0. The van der Waals surface area contributed by atoms with Crippen molar-refractivity contribution < 1.29 is 9.32 Å². The third-order valence-corrected chi connectivity index (χ3v) is 3.55. The normalized spacial score (nSPS) is 10.4. The molecule has 4 nitrogen and oxygen atoms in total. The summed E-state index contributed by atoms with van der Waals surface area (Å²) in [6, 6.07) is 9.96. The van der Waals surface area contributed by atoms with Crippen molar-refractivity contribution in [2.24, 2.45) is 0 Å². The zero-order valence-electron chi connectivity index (χ0n) is 11.0. The largest absolute Gasteiger partial charge is 0.361 e. The summed E-state index contributed by atoms with van der Waals surface area (Å²) in [5.41, 5.74) is 1.58. The van der Waals surface area contributed by atoms with Crippen molar-refractivity contribution in [2.45, 2.75) is 18.7 Å². The molecule has 2 aromatic rings. The second-order valence-corrected chi connectivity index (χ2v) is 5.41. The highest BCUT2D eigenvalue weighted by Gasteiger charge is 2.09. The molecule has 1 heterocycles. The average Bonchev–Trinajstić information content (AvgIpc) is 2.83. The van der Waals surface area contributed by atoms with E-state index >= 15 is 0 Å². The molecule has 19 heavy (non-hydrogen) atoms. The molecular formula is C14H16N2O2S. The molecule has 0 spiro atoms. The average molecular weight is 276 g/mol. The van der Waals surface area contributed by atoms with E-state index in [4.69, 9.17) is 4.52 Å². The molecule has 1 amide bonds. The molecule has 1 aromatic heterocycles. The highest BCUT2D eigenvalue weighted by Crippen LogP contribution is 2.17. The molecule has 0 saturated heterocycles. The first-order valence-electron chi connectivity index (χ1n) is 6.06.